The van der Waals surface area contributed by atoms with Crippen molar-refractivity contribution in [3.8, 4) is 0 Å². The third kappa shape index (κ3) is 8.49. The van der Waals surface area contributed by atoms with Crippen molar-refractivity contribution in [1.82, 2.24) is 10.2 Å². The molecule has 0 unspecified atom stereocenters. The Balaban J connectivity index is 1.79. The summed E-state index contributed by atoms with van der Waals surface area (Å²) in [6.45, 7) is 5.73. The Morgan fingerprint density at radius 3 is 2.14 bits per heavy atom. The van der Waals surface area contributed by atoms with Crippen LogP contribution in [0.1, 0.15) is 35.6 Å². The molecule has 230 valence electrons. The molecule has 4 rings (SSSR count). The first-order valence-corrected chi connectivity index (χ1v) is 16.4. The van der Waals surface area contributed by atoms with Crippen LogP contribution in [0.2, 0.25) is 5.02 Å². The molecule has 1 N–H and O–H groups in total. The van der Waals surface area contributed by atoms with Crippen molar-refractivity contribution in [1.29, 1.82) is 0 Å². The van der Waals surface area contributed by atoms with Gasteiger partial charge >= 0.3 is 0 Å². The van der Waals surface area contributed by atoms with Gasteiger partial charge in [0.1, 0.15) is 12.6 Å². The molecule has 0 aliphatic carbocycles. The molecule has 0 aromatic heterocycles. The van der Waals surface area contributed by atoms with Crippen molar-refractivity contribution in [2.75, 3.05) is 17.4 Å². The molecule has 0 bridgehead atoms. The molecule has 4 aromatic rings. The van der Waals surface area contributed by atoms with Gasteiger partial charge in [-0.05, 0) is 73.4 Å². The van der Waals surface area contributed by atoms with Crippen LogP contribution in [-0.4, -0.2) is 44.3 Å². The lowest BCUT2D eigenvalue weighted by Gasteiger charge is -2.34. The molecular weight excluding hydrogens is 594 g/mol. The highest BCUT2D eigenvalue weighted by atomic mass is 35.5. The van der Waals surface area contributed by atoms with Gasteiger partial charge < -0.3 is 10.2 Å². The zero-order chi connectivity index (χ0) is 31.7. The normalized spacial score (nSPS) is 11.9. The van der Waals surface area contributed by atoms with Crippen molar-refractivity contribution in [3.05, 3.63) is 130 Å². The molecule has 2 amide bonds. The molecule has 0 spiro atoms. The van der Waals surface area contributed by atoms with E-state index in [-0.39, 0.29) is 23.8 Å². The van der Waals surface area contributed by atoms with E-state index in [1.807, 2.05) is 57.2 Å². The monoisotopic (exact) mass is 631 g/mol. The van der Waals surface area contributed by atoms with Gasteiger partial charge in [-0.3, -0.25) is 13.9 Å². The average Bonchev–Trinajstić information content (AvgIpc) is 3.01. The lowest BCUT2D eigenvalue weighted by atomic mass is 10.0. The molecule has 0 heterocycles. The second kappa shape index (κ2) is 15.0. The number of benzene rings is 4. The number of hydrogen-bond donors (Lipinski definition) is 1. The van der Waals surface area contributed by atoms with E-state index in [0.29, 0.717) is 17.3 Å². The number of sulfonamides is 1. The van der Waals surface area contributed by atoms with Crippen molar-refractivity contribution < 1.29 is 18.0 Å². The standard InChI is InChI=1S/C35H38ClN3O4S/c1-4-21-37-35(41)33(23-28-10-6-5-7-11-28)38(24-29-15-17-30(36)18-16-29)34(40)25-39(31-12-8-9-27(3)22-31)44(42,43)32-19-13-26(2)14-20-32/h5-20,22,33H,4,21,23-25H2,1-3H3,(H,37,41)/t33-/m1/s1. The highest BCUT2D eigenvalue weighted by Crippen LogP contribution is 2.26. The van der Waals surface area contributed by atoms with E-state index in [0.717, 1.165) is 33.0 Å². The van der Waals surface area contributed by atoms with Gasteiger partial charge in [0.15, 0.2) is 0 Å². The number of halogens is 1. The van der Waals surface area contributed by atoms with Crippen LogP contribution in [0.3, 0.4) is 0 Å². The summed E-state index contributed by atoms with van der Waals surface area (Å²) in [6, 6.07) is 29.2. The zero-order valence-electron chi connectivity index (χ0n) is 25.2. The van der Waals surface area contributed by atoms with Crippen LogP contribution in [-0.2, 0) is 32.6 Å². The molecule has 0 radical (unpaired) electrons. The van der Waals surface area contributed by atoms with Gasteiger partial charge in [0.2, 0.25) is 11.8 Å². The number of nitrogens with zero attached hydrogens (tertiary/aromatic N) is 2. The van der Waals surface area contributed by atoms with Gasteiger partial charge in [0, 0.05) is 24.5 Å². The molecule has 0 fully saturated rings. The van der Waals surface area contributed by atoms with Crippen LogP contribution in [0, 0.1) is 13.8 Å². The number of aryl methyl sites for hydroxylation is 2. The second-order valence-corrected chi connectivity index (χ2v) is 13.1. The molecule has 9 heteroatoms. The van der Waals surface area contributed by atoms with E-state index in [4.69, 9.17) is 11.6 Å². The van der Waals surface area contributed by atoms with Crippen LogP contribution < -0.4 is 9.62 Å². The lowest BCUT2D eigenvalue weighted by Crippen LogP contribution is -2.53. The van der Waals surface area contributed by atoms with Gasteiger partial charge in [-0.15, -0.1) is 0 Å². The molecule has 7 nitrogen and oxygen atoms in total. The van der Waals surface area contributed by atoms with Gasteiger partial charge in [0.05, 0.1) is 10.6 Å². The average molecular weight is 632 g/mol. The summed E-state index contributed by atoms with van der Waals surface area (Å²) < 4.78 is 29.3. The van der Waals surface area contributed by atoms with Crippen molar-refractivity contribution in [3.63, 3.8) is 0 Å². The number of carbonyl (C=O) groups is 2. The number of anilines is 1. The quantitative estimate of drug-likeness (QED) is 0.187. The van der Waals surface area contributed by atoms with Crippen LogP contribution in [0.25, 0.3) is 0 Å². The van der Waals surface area contributed by atoms with Gasteiger partial charge in [0.25, 0.3) is 10.0 Å². The lowest BCUT2D eigenvalue weighted by molar-refractivity contribution is -0.140. The van der Waals surface area contributed by atoms with Crippen molar-refractivity contribution in [2.24, 2.45) is 0 Å². The first kappa shape index (κ1) is 32.8. The topological polar surface area (TPSA) is 86.8 Å². The van der Waals surface area contributed by atoms with Crippen LogP contribution >= 0.6 is 11.6 Å². The van der Waals surface area contributed by atoms with E-state index >= 15 is 0 Å². The molecule has 0 aliphatic heterocycles. The first-order valence-electron chi connectivity index (χ1n) is 14.6. The second-order valence-electron chi connectivity index (χ2n) is 10.8. The molecule has 0 saturated carbocycles. The third-order valence-electron chi connectivity index (χ3n) is 7.26. The van der Waals surface area contributed by atoms with Gasteiger partial charge in [-0.1, -0.05) is 90.8 Å². The Labute approximate surface area is 265 Å². The fourth-order valence-electron chi connectivity index (χ4n) is 4.86. The maximum Gasteiger partial charge on any atom is 0.264 e. The first-order chi connectivity index (χ1) is 21.1. The fraction of sp³-hybridized carbons (Fsp3) is 0.257. The number of rotatable bonds is 13. The molecule has 4 aromatic carbocycles. The summed E-state index contributed by atoms with van der Waals surface area (Å²) in [5, 5.41) is 3.50. The molecule has 0 saturated heterocycles. The zero-order valence-corrected chi connectivity index (χ0v) is 26.8. The maximum absolute atomic E-state index is 14.4. The van der Waals surface area contributed by atoms with E-state index in [9.17, 15) is 18.0 Å². The van der Waals surface area contributed by atoms with Gasteiger partial charge in [-0.25, -0.2) is 8.42 Å². The summed E-state index contributed by atoms with van der Waals surface area (Å²) in [4.78, 5) is 29.7. The Morgan fingerprint density at radius 1 is 0.818 bits per heavy atom. The van der Waals surface area contributed by atoms with Crippen LogP contribution in [0.5, 0.6) is 0 Å². The Bertz CT molecular complexity index is 1660. The van der Waals surface area contributed by atoms with Crippen LogP contribution in [0.15, 0.2) is 108 Å². The van der Waals surface area contributed by atoms with Crippen molar-refractivity contribution in [2.45, 2.75) is 51.1 Å². The Morgan fingerprint density at radius 2 is 1.50 bits per heavy atom. The van der Waals surface area contributed by atoms with E-state index < -0.39 is 28.5 Å². The van der Waals surface area contributed by atoms with E-state index in [2.05, 4.69) is 5.32 Å². The SMILES string of the molecule is CCCNC(=O)[C@@H](Cc1ccccc1)N(Cc1ccc(Cl)cc1)C(=O)CN(c1cccc(C)c1)S(=O)(=O)c1ccc(C)cc1. The fourth-order valence-corrected chi connectivity index (χ4v) is 6.39. The highest BCUT2D eigenvalue weighted by Gasteiger charge is 2.34. The molecular formula is C35H38ClN3O4S. The molecule has 1 atom stereocenters. The number of hydrogen-bond acceptors (Lipinski definition) is 4. The van der Waals surface area contributed by atoms with Crippen LogP contribution in [0.4, 0.5) is 5.69 Å². The minimum absolute atomic E-state index is 0.0724. The number of amides is 2. The number of carbonyl (C=O) groups excluding carboxylic acids is 2. The minimum atomic E-state index is -4.15. The van der Waals surface area contributed by atoms with Crippen molar-refractivity contribution >= 4 is 39.1 Å². The predicted molar refractivity (Wildman–Crippen MR) is 176 cm³/mol. The summed E-state index contributed by atoms with van der Waals surface area (Å²) in [7, 11) is -4.15. The van der Waals surface area contributed by atoms with E-state index in [1.165, 1.54) is 4.90 Å². The summed E-state index contributed by atoms with van der Waals surface area (Å²) in [5.41, 5.74) is 3.75. The summed E-state index contributed by atoms with van der Waals surface area (Å²) in [6.07, 6.45) is 0.982. The molecule has 0 aliphatic rings. The Hall–Kier alpha value is -4.14. The smallest absolute Gasteiger partial charge is 0.264 e. The molecule has 44 heavy (non-hydrogen) atoms. The largest absolute Gasteiger partial charge is 0.354 e. The summed E-state index contributed by atoms with van der Waals surface area (Å²) in [5.74, 6) is -0.814. The van der Waals surface area contributed by atoms with E-state index in [1.54, 1.807) is 66.7 Å². The number of nitrogens with one attached hydrogen (secondary N) is 1. The predicted octanol–water partition coefficient (Wildman–Crippen LogP) is 6.32. The Kier molecular flexibility index (Phi) is 11.2. The maximum atomic E-state index is 14.4. The minimum Gasteiger partial charge on any atom is -0.354 e. The van der Waals surface area contributed by atoms with Gasteiger partial charge in [-0.2, -0.15) is 0 Å². The third-order valence-corrected chi connectivity index (χ3v) is 9.30. The highest BCUT2D eigenvalue weighted by molar-refractivity contribution is 7.92. The summed E-state index contributed by atoms with van der Waals surface area (Å²) >= 11 is 6.14.